The van der Waals surface area contributed by atoms with Gasteiger partial charge in [0, 0.05) is 12.6 Å². The Bertz CT molecular complexity index is 857. The highest BCUT2D eigenvalue weighted by atomic mass is 19.1. The number of hydrogen-bond donors (Lipinski definition) is 5. The highest BCUT2D eigenvalue weighted by Crippen LogP contribution is 2.38. The van der Waals surface area contributed by atoms with Crippen molar-refractivity contribution in [2.75, 3.05) is 0 Å². The zero-order chi connectivity index (χ0) is 22.4. The lowest BCUT2D eigenvalue weighted by Crippen LogP contribution is -2.61. The lowest BCUT2D eigenvalue weighted by Gasteiger charge is -2.45. The quantitative estimate of drug-likeness (QED) is 0.278. The van der Waals surface area contributed by atoms with Crippen LogP contribution in [-0.2, 0) is 11.3 Å². The smallest absolute Gasteiger partial charge is 0.451 e. The van der Waals surface area contributed by atoms with Crippen LogP contribution in [0.15, 0.2) is 48.5 Å². The van der Waals surface area contributed by atoms with Gasteiger partial charge in [-0.1, -0.05) is 49.2 Å². The Labute approximate surface area is 182 Å². The molecule has 3 rings (SSSR count). The van der Waals surface area contributed by atoms with Crippen LogP contribution < -0.4 is 11.1 Å². The highest BCUT2D eigenvalue weighted by Gasteiger charge is 2.47. The van der Waals surface area contributed by atoms with Gasteiger partial charge in [0.15, 0.2) is 0 Å². The molecule has 6 N–H and O–H groups in total. The summed E-state index contributed by atoms with van der Waals surface area (Å²) in [6.45, 7) is 0.681. The number of carbonyl (C=O) groups is 1. The molecule has 1 unspecified atom stereocenters. The van der Waals surface area contributed by atoms with E-state index >= 15 is 0 Å². The molecule has 0 amide bonds. The van der Waals surface area contributed by atoms with Gasteiger partial charge in [0.05, 0.1) is 0 Å². The monoisotopic (exact) mass is 428 g/mol. The van der Waals surface area contributed by atoms with Crippen molar-refractivity contribution in [3.05, 3.63) is 59.9 Å². The van der Waals surface area contributed by atoms with E-state index in [2.05, 4.69) is 5.32 Å². The van der Waals surface area contributed by atoms with Gasteiger partial charge >= 0.3 is 13.1 Å². The first-order valence-corrected chi connectivity index (χ1v) is 10.7. The molecule has 2 aromatic carbocycles. The van der Waals surface area contributed by atoms with E-state index in [1.165, 1.54) is 12.1 Å². The first-order valence-electron chi connectivity index (χ1n) is 10.7. The van der Waals surface area contributed by atoms with E-state index < -0.39 is 18.6 Å². The molecule has 2 aromatic rings. The third-order valence-electron chi connectivity index (χ3n) is 6.29. The summed E-state index contributed by atoms with van der Waals surface area (Å²) < 4.78 is 13.1. The van der Waals surface area contributed by atoms with Gasteiger partial charge in [-0.25, -0.2) is 4.39 Å². The second kappa shape index (κ2) is 10.4. The lowest BCUT2D eigenvalue weighted by molar-refractivity contribution is -0.148. The summed E-state index contributed by atoms with van der Waals surface area (Å²) in [5.74, 6) is -1.34. The minimum absolute atomic E-state index is 0.0950. The third kappa shape index (κ3) is 6.14. The Hall–Kier alpha value is -2.26. The van der Waals surface area contributed by atoms with Crippen LogP contribution in [-0.4, -0.2) is 39.8 Å². The molecule has 1 aliphatic rings. The molecule has 0 aromatic heterocycles. The average molecular weight is 428 g/mol. The molecule has 0 aliphatic heterocycles. The van der Waals surface area contributed by atoms with E-state index in [0.29, 0.717) is 38.6 Å². The van der Waals surface area contributed by atoms with Gasteiger partial charge in [-0.15, -0.1) is 0 Å². The molecule has 1 saturated carbocycles. The van der Waals surface area contributed by atoms with Crippen molar-refractivity contribution in [3.63, 3.8) is 0 Å². The van der Waals surface area contributed by atoms with E-state index in [0.717, 1.165) is 16.7 Å². The number of halogens is 1. The summed E-state index contributed by atoms with van der Waals surface area (Å²) in [7, 11) is -1.36. The summed E-state index contributed by atoms with van der Waals surface area (Å²) in [6.07, 6.45) is 3.06. The molecule has 0 saturated heterocycles. The second-order valence-electron chi connectivity index (χ2n) is 8.52. The number of nitrogens with two attached hydrogens (primary N) is 1. The van der Waals surface area contributed by atoms with E-state index in [-0.39, 0.29) is 24.1 Å². The molecule has 166 valence electrons. The van der Waals surface area contributed by atoms with Crippen molar-refractivity contribution >= 4 is 13.1 Å². The van der Waals surface area contributed by atoms with Crippen molar-refractivity contribution in [2.24, 2.45) is 11.7 Å². The molecule has 1 aliphatic carbocycles. The molecule has 0 radical (unpaired) electrons. The van der Waals surface area contributed by atoms with Gasteiger partial charge < -0.3 is 26.2 Å². The van der Waals surface area contributed by atoms with Crippen LogP contribution in [0.3, 0.4) is 0 Å². The molecule has 1 fully saturated rings. The van der Waals surface area contributed by atoms with Gasteiger partial charge in [0.25, 0.3) is 0 Å². The van der Waals surface area contributed by atoms with E-state index in [9.17, 15) is 14.3 Å². The van der Waals surface area contributed by atoms with Crippen molar-refractivity contribution in [1.29, 1.82) is 0 Å². The Morgan fingerprint density at radius 1 is 1.06 bits per heavy atom. The fraction of sp³-hybridized carbons (Fsp3) is 0.435. The summed E-state index contributed by atoms with van der Waals surface area (Å²) in [5, 5.41) is 30.9. The Balaban J connectivity index is 1.45. The molecule has 8 heteroatoms. The fourth-order valence-corrected chi connectivity index (χ4v) is 4.15. The van der Waals surface area contributed by atoms with Crippen LogP contribution in [0.1, 0.15) is 37.7 Å². The molecule has 6 nitrogen and oxygen atoms in total. The number of unbranched alkanes of at least 4 members (excludes halogenated alkanes) is 1. The van der Waals surface area contributed by atoms with Crippen LogP contribution in [0.5, 0.6) is 0 Å². The maximum atomic E-state index is 13.1. The van der Waals surface area contributed by atoms with Crippen LogP contribution in [0.2, 0.25) is 6.32 Å². The maximum absolute atomic E-state index is 13.1. The second-order valence-corrected chi connectivity index (χ2v) is 8.52. The van der Waals surface area contributed by atoms with Crippen molar-refractivity contribution in [1.82, 2.24) is 5.32 Å². The summed E-state index contributed by atoms with van der Waals surface area (Å²) in [6, 6.07) is 14.7. The number of carboxylic acids is 1. The summed E-state index contributed by atoms with van der Waals surface area (Å²) in [4.78, 5) is 11.8. The Morgan fingerprint density at radius 2 is 1.65 bits per heavy atom. The number of aliphatic carboxylic acids is 1. The summed E-state index contributed by atoms with van der Waals surface area (Å²) >= 11 is 0. The van der Waals surface area contributed by atoms with Crippen molar-refractivity contribution < 1.29 is 24.3 Å². The number of hydrogen-bond acceptors (Lipinski definition) is 5. The SMILES string of the molecule is NC(CCCCB(O)O)(C(=O)O)[C@H]1C[C@@H](NCc2ccc(-c3ccc(F)cc3)cc2)C1. The summed E-state index contributed by atoms with van der Waals surface area (Å²) in [5.41, 5.74) is 8.07. The number of carboxylic acid groups (broad SMARTS) is 1. The molecule has 31 heavy (non-hydrogen) atoms. The normalized spacial score (nSPS) is 20.0. The Kier molecular flexibility index (Phi) is 7.83. The standard InChI is InChI=1S/C23H30BFN2O4/c25-20-9-7-18(8-10-20)17-5-3-16(4-6-17)15-27-21-13-19(14-21)23(26,22(28)29)11-1-2-12-24(30)31/h3-10,19,21,27,30-31H,1-2,11-15,26H2,(H,28,29)/t19-,21+,23?. The number of nitrogens with one attached hydrogen (secondary N) is 1. The van der Waals surface area contributed by atoms with Crippen LogP contribution in [0.4, 0.5) is 4.39 Å². The molecule has 1 atom stereocenters. The number of rotatable bonds is 11. The van der Waals surface area contributed by atoms with Gasteiger partial charge in [-0.3, -0.25) is 4.79 Å². The predicted octanol–water partition coefficient (Wildman–Crippen LogP) is 2.79. The minimum atomic E-state index is -1.36. The van der Waals surface area contributed by atoms with E-state index in [1.807, 2.05) is 24.3 Å². The third-order valence-corrected chi connectivity index (χ3v) is 6.29. The van der Waals surface area contributed by atoms with E-state index in [1.54, 1.807) is 12.1 Å². The van der Waals surface area contributed by atoms with Crippen LogP contribution in [0, 0.1) is 11.7 Å². The topological polar surface area (TPSA) is 116 Å². The zero-order valence-corrected chi connectivity index (χ0v) is 17.5. The largest absolute Gasteiger partial charge is 0.480 e. The van der Waals surface area contributed by atoms with Crippen LogP contribution in [0.25, 0.3) is 11.1 Å². The minimum Gasteiger partial charge on any atom is -0.480 e. The van der Waals surface area contributed by atoms with Crippen LogP contribution >= 0.6 is 0 Å². The highest BCUT2D eigenvalue weighted by molar-refractivity contribution is 6.40. The average Bonchev–Trinajstić information content (AvgIpc) is 2.71. The van der Waals surface area contributed by atoms with Gasteiger partial charge in [0.2, 0.25) is 0 Å². The zero-order valence-electron chi connectivity index (χ0n) is 17.5. The van der Waals surface area contributed by atoms with Gasteiger partial charge in [0.1, 0.15) is 11.4 Å². The van der Waals surface area contributed by atoms with E-state index in [4.69, 9.17) is 15.8 Å². The molecule has 0 heterocycles. The fourth-order valence-electron chi connectivity index (χ4n) is 4.15. The van der Waals surface area contributed by atoms with Gasteiger partial charge in [-0.05, 0) is 60.3 Å². The Morgan fingerprint density at radius 3 is 2.19 bits per heavy atom. The maximum Gasteiger partial charge on any atom is 0.451 e. The number of benzene rings is 2. The molecule has 0 bridgehead atoms. The first-order chi connectivity index (χ1) is 14.8. The predicted molar refractivity (Wildman–Crippen MR) is 119 cm³/mol. The molecular weight excluding hydrogens is 398 g/mol. The molecular formula is C23H30BFN2O4. The van der Waals surface area contributed by atoms with Crippen molar-refractivity contribution in [2.45, 2.75) is 56.5 Å². The van der Waals surface area contributed by atoms with Gasteiger partial charge in [-0.2, -0.15) is 0 Å². The first kappa shape index (κ1) is 23.4. The molecule has 0 spiro atoms. The van der Waals surface area contributed by atoms with Crippen molar-refractivity contribution in [3.8, 4) is 11.1 Å². The lowest BCUT2D eigenvalue weighted by atomic mass is 9.66.